The minimum atomic E-state index is 0.184. The van der Waals surface area contributed by atoms with Crippen LogP contribution in [0, 0.1) is 0 Å². The van der Waals surface area contributed by atoms with Crippen LogP contribution in [0.4, 0.5) is 0 Å². The summed E-state index contributed by atoms with van der Waals surface area (Å²) in [6.07, 6.45) is 5.80. The highest BCUT2D eigenvalue weighted by atomic mass is 32.1. The zero-order chi connectivity index (χ0) is 13.0. The van der Waals surface area contributed by atoms with Gasteiger partial charge in [-0.25, -0.2) is 0 Å². The molecule has 1 N–H and O–H groups in total. The molecule has 2 rings (SSSR count). The Labute approximate surface area is 112 Å². The van der Waals surface area contributed by atoms with Crippen LogP contribution < -0.4 is 5.32 Å². The standard InChI is InChI=1S/C12H19N5S/c1-4-9(2)17-6-5-10(15-17)7-11(13-3)12-8-14-18-16-12/h5-6,8-9,11,13H,4,7H2,1-3H3. The third kappa shape index (κ3) is 2.94. The van der Waals surface area contributed by atoms with Gasteiger partial charge in [-0.3, -0.25) is 4.68 Å². The van der Waals surface area contributed by atoms with Crippen molar-refractivity contribution in [3.63, 3.8) is 0 Å². The zero-order valence-electron chi connectivity index (χ0n) is 11.0. The van der Waals surface area contributed by atoms with Crippen molar-refractivity contribution in [1.82, 2.24) is 23.8 Å². The van der Waals surface area contributed by atoms with E-state index in [9.17, 15) is 0 Å². The van der Waals surface area contributed by atoms with Crippen LogP contribution in [0.2, 0.25) is 0 Å². The van der Waals surface area contributed by atoms with E-state index in [0.717, 1.165) is 24.2 Å². The number of rotatable bonds is 6. The molecule has 2 atom stereocenters. The van der Waals surface area contributed by atoms with Gasteiger partial charge in [-0.05, 0) is 26.5 Å². The first-order valence-electron chi connectivity index (χ1n) is 6.23. The van der Waals surface area contributed by atoms with Crippen LogP contribution in [0.1, 0.15) is 43.7 Å². The van der Waals surface area contributed by atoms with Crippen LogP contribution in [0.3, 0.4) is 0 Å². The molecule has 2 heterocycles. The SMILES string of the molecule is CCC(C)n1ccc(CC(NC)c2cnsn2)n1. The Balaban J connectivity index is 2.06. The summed E-state index contributed by atoms with van der Waals surface area (Å²) in [6.45, 7) is 4.35. The van der Waals surface area contributed by atoms with Crippen molar-refractivity contribution in [1.29, 1.82) is 0 Å². The van der Waals surface area contributed by atoms with Crippen LogP contribution in [-0.2, 0) is 6.42 Å². The van der Waals surface area contributed by atoms with E-state index < -0.39 is 0 Å². The first-order valence-corrected chi connectivity index (χ1v) is 6.96. The van der Waals surface area contributed by atoms with E-state index in [0.29, 0.717) is 6.04 Å². The van der Waals surface area contributed by atoms with E-state index in [1.165, 1.54) is 11.7 Å². The lowest BCUT2D eigenvalue weighted by molar-refractivity contribution is 0.468. The van der Waals surface area contributed by atoms with Gasteiger partial charge in [0.05, 0.1) is 35.4 Å². The monoisotopic (exact) mass is 265 g/mol. The van der Waals surface area contributed by atoms with Crippen LogP contribution in [-0.4, -0.2) is 25.6 Å². The first-order chi connectivity index (χ1) is 8.74. The molecule has 0 aromatic carbocycles. The van der Waals surface area contributed by atoms with Gasteiger partial charge in [0.2, 0.25) is 0 Å². The maximum Gasteiger partial charge on any atom is 0.0916 e. The van der Waals surface area contributed by atoms with Gasteiger partial charge in [0, 0.05) is 18.7 Å². The van der Waals surface area contributed by atoms with Crippen molar-refractivity contribution >= 4 is 11.7 Å². The molecule has 0 aliphatic rings. The first kappa shape index (κ1) is 13.2. The van der Waals surface area contributed by atoms with Crippen molar-refractivity contribution in [2.45, 2.75) is 38.8 Å². The normalized spacial score (nSPS) is 14.6. The minimum Gasteiger partial charge on any atom is -0.311 e. The number of nitrogens with one attached hydrogen (secondary N) is 1. The second-order valence-electron chi connectivity index (χ2n) is 4.42. The third-order valence-corrected chi connectivity index (χ3v) is 3.70. The zero-order valence-corrected chi connectivity index (χ0v) is 11.8. The predicted octanol–water partition coefficient (Wildman–Crippen LogP) is 2.21. The van der Waals surface area contributed by atoms with E-state index in [1.54, 1.807) is 0 Å². The number of nitrogens with zero attached hydrogens (tertiary/aromatic N) is 4. The highest BCUT2D eigenvalue weighted by molar-refractivity contribution is 6.99. The molecule has 18 heavy (non-hydrogen) atoms. The lowest BCUT2D eigenvalue weighted by Gasteiger charge is -2.12. The maximum absolute atomic E-state index is 4.61. The summed E-state index contributed by atoms with van der Waals surface area (Å²) < 4.78 is 10.3. The smallest absolute Gasteiger partial charge is 0.0916 e. The van der Waals surface area contributed by atoms with Gasteiger partial charge in [0.25, 0.3) is 0 Å². The molecule has 2 aromatic rings. The number of hydrogen-bond donors (Lipinski definition) is 1. The van der Waals surface area contributed by atoms with Gasteiger partial charge in [-0.15, -0.1) is 0 Å². The molecule has 6 heteroatoms. The average molecular weight is 265 g/mol. The summed E-state index contributed by atoms with van der Waals surface area (Å²) in [5.41, 5.74) is 2.07. The van der Waals surface area contributed by atoms with Crippen LogP contribution >= 0.6 is 11.7 Å². The fraction of sp³-hybridized carbons (Fsp3) is 0.583. The van der Waals surface area contributed by atoms with Gasteiger partial charge >= 0.3 is 0 Å². The minimum absolute atomic E-state index is 0.184. The van der Waals surface area contributed by atoms with E-state index in [4.69, 9.17) is 0 Å². The van der Waals surface area contributed by atoms with E-state index in [-0.39, 0.29) is 6.04 Å². The molecular weight excluding hydrogens is 246 g/mol. The molecule has 2 aromatic heterocycles. The summed E-state index contributed by atoms with van der Waals surface area (Å²) >= 11 is 1.24. The lowest BCUT2D eigenvalue weighted by Crippen LogP contribution is -2.19. The second kappa shape index (κ2) is 6.06. The predicted molar refractivity (Wildman–Crippen MR) is 72.6 cm³/mol. The Morgan fingerprint density at radius 2 is 2.33 bits per heavy atom. The summed E-state index contributed by atoms with van der Waals surface area (Å²) in [6, 6.07) is 2.72. The Morgan fingerprint density at radius 1 is 1.50 bits per heavy atom. The van der Waals surface area contributed by atoms with Gasteiger partial charge in [0.15, 0.2) is 0 Å². The Kier molecular flexibility index (Phi) is 4.43. The van der Waals surface area contributed by atoms with Gasteiger partial charge in [0.1, 0.15) is 0 Å². The van der Waals surface area contributed by atoms with Crippen molar-refractivity contribution in [3.05, 3.63) is 29.8 Å². The number of aromatic nitrogens is 4. The molecule has 98 valence electrons. The topological polar surface area (TPSA) is 55.6 Å². The summed E-state index contributed by atoms with van der Waals surface area (Å²) in [4.78, 5) is 0. The van der Waals surface area contributed by atoms with E-state index >= 15 is 0 Å². The summed E-state index contributed by atoms with van der Waals surface area (Å²) in [5, 5.41) is 7.87. The molecule has 0 aliphatic heterocycles. The fourth-order valence-electron chi connectivity index (χ4n) is 1.81. The molecule has 0 saturated heterocycles. The fourth-order valence-corrected chi connectivity index (χ4v) is 2.28. The molecule has 0 fully saturated rings. The van der Waals surface area contributed by atoms with E-state index in [1.807, 2.05) is 17.9 Å². The quantitative estimate of drug-likeness (QED) is 0.870. The highest BCUT2D eigenvalue weighted by Crippen LogP contribution is 2.17. The summed E-state index contributed by atoms with van der Waals surface area (Å²) in [7, 11) is 1.94. The van der Waals surface area contributed by atoms with Crippen molar-refractivity contribution in [2.75, 3.05) is 7.05 Å². The third-order valence-electron chi connectivity index (χ3n) is 3.20. The molecule has 0 amide bonds. The molecule has 0 spiro atoms. The van der Waals surface area contributed by atoms with E-state index in [2.05, 4.69) is 45.3 Å². The van der Waals surface area contributed by atoms with Crippen molar-refractivity contribution < 1.29 is 0 Å². The number of likely N-dealkylation sites (N-methyl/N-ethyl adjacent to an activating group) is 1. The van der Waals surface area contributed by atoms with Crippen LogP contribution in [0.15, 0.2) is 18.5 Å². The molecule has 0 bridgehead atoms. The van der Waals surface area contributed by atoms with Crippen LogP contribution in [0.5, 0.6) is 0 Å². The molecule has 0 radical (unpaired) electrons. The molecule has 0 saturated carbocycles. The lowest BCUT2D eigenvalue weighted by atomic mass is 10.1. The maximum atomic E-state index is 4.61. The van der Waals surface area contributed by atoms with Gasteiger partial charge < -0.3 is 5.32 Å². The largest absolute Gasteiger partial charge is 0.311 e. The second-order valence-corrected chi connectivity index (χ2v) is 4.98. The van der Waals surface area contributed by atoms with Gasteiger partial charge in [-0.1, -0.05) is 6.92 Å². The molecule has 5 nitrogen and oxygen atoms in total. The highest BCUT2D eigenvalue weighted by Gasteiger charge is 2.15. The van der Waals surface area contributed by atoms with Gasteiger partial charge in [-0.2, -0.15) is 13.8 Å². The van der Waals surface area contributed by atoms with Crippen molar-refractivity contribution in [3.8, 4) is 0 Å². The Morgan fingerprint density at radius 3 is 2.94 bits per heavy atom. The van der Waals surface area contributed by atoms with Crippen LogP contribution in [0.25, 0.3) is 0 Å². The van der Waals surface area contributed by atoms with Crippen molar-refractivity contribution in [2.24, 2.45) is 0 Å². The average Bonchev–Trinajstić information content (AvgIpc) is 3.05. The molecule has 0 aliphatic carbocycles. The Hall–Kier alpha value is -1.27. The number of hydrogen-bond acceptors (Lipinski definition) is 5. The molecular formula is C12H19N5S. The summed E-state index contributed by atoms with van der Waals surface area (Å²) in [5.74, 6) is 0. The Bertz CT molecular complexity index is 465. The molecule has 2 unspecified atom stereocenters.